The minimum absolute atomic E-state index is 0.0244. The van der Waals surface area contributed by atoms with E-state index in [4.69, 9.17) is 9.47 Å². The molecule has 0 aromatic heterocycles. The summed E-state index contributed by atoms with van der Waals surface area (Å²) in [5.41, 5.74) is 1.65. The molecule has 38 heavy (non-hydrogen) atoms. The number of ether oxygens (including phenoxy) is 2. The quantitative estimate of drug-likeness (QED) is 0.262. The molecule has 0 saturated heterocycles. The summed E-state index contributed by atoms with van der Waals surface area (Å²) >= 11 is 1.51. The van der Waals surface area contributed by atoms with Gasteiger partial charge in [0.2, 0.25) is 5.91 Å². The number of nitrogens with one attached hydrogen (secondary N) is 1. The first kappa shape index (κ1) is 27.1. The molecule has 0 aliphatic heterocycles. The van der Waals surface area contributed by atoms with Crippen molar-refractivity contribution in [3.63, 3.8) is 0 Å². The molecule has 4 aromatic carbocycles. The normalized spacial score (nSPS) is 11.0. The summed E-state index contributed by atoms with van der Waals surface area (Å²) in [4.78, 5) is 15.2. The zero-order valence-electron chi connectivity index (χ0n) is 21.2. The summed E-state index contributed by atoms with van der Waals surface area (Å²) in [5, 5.41) is 2.90. The average Bonchev–Trinajstić information content (AvgIpc) is 2.93. The summed E-state index contributed by atoms with van der Waals surface area (Å²) in [5.74, 6) is 0.270. The predicted octanol–water partition coefficient (Wildman–Crippen LogP) is 6.00. The topological polar surface area (TPSA) is 84.9 Å². The highest BCUT2D eigenvalue weighted by atomic mass is 32.2. The van der Waals surface area contributed by atoms with E-state index in [1.165, 1.54) is 32.0 Å². The summed E-state index contributed by atoms with van der Waals surface area (Å²) in [7, 11) is -1.24. The second-order valence-corrected chi connectivity index (χ2v) is 11.3. The Hall–Kier alpha value is -3.95. The van der Waals surface area contributed by atoms with E-state index in [0.29, 0.717) is 17.1 Å². The van der Waals surface area contributed by atoms with Crippen molar-refractivity contribution in [1.29, 1.82) is 0 Å². The van der Waals surface area contributed by atoms with Crippen molar-refractivity contribution in [2.45, 2.75) is 21.6 Å². The number of aryl methyl sites for hydroxylation is 1. The van der Waals surface area contributed by atoms with Gasteiger partial charge >= 0.3 is 0 Å². The lowest BCUT2D eigenvalue weighted by Gasteiger charge is -2.25. The fraction of sp³-hybridized carbons (Fsp3) is 0.138. The number of benzene rings is 4. The van der Waals surface area contributed by atoms with Crippen molar-refractivity contribution >= 4 is 39.1 Å². The van der Waals surface area contributed by atoms with Crippen LogP contribution in [0.15, 0.2) is 112 Å². The third-order valence-electron chi connectivity index (χ3n) is 5.67. The van der Waals surface area contributed by atoms with E-state index in [1.54, 1.807) is 49.4 Å². The Kier molecular flexibility index (Phi) is 8.60. The number of hydrogen-bond donors (Lipinski definition) is 1. The summed E-state index contributed by atoms with van der Waals surface area (Å²) in [6.45, 7) is 1.35. The molecule has 0 unspecified atom stereocenters. The number of hydrogen-bond acceptors (Lipinski definition) is 6. The second-order valence-electron chi connectivity index (χ2n) is 8.32. The number of nitrogens with zero attached hydrogens (tertiary/aromatic N) is 1. The second kappa shape index (κ2) is 12.1. The van der Waals surface area contributed by atoms with Gasteiger partial charge in [-0.15, -0.1) is 0 Å². The van der Waals surface area contributed by atoms with Crippen LogP contribution in [0.2, 0.25) is 0 Å². The third-order valence-corrected chi connectivity index (χ3v) is 8.55. The maximum Gasteiger partial charge on any atom is 0.268 e. The zero-order valence-corrected chi connectivity index (χ0v) is 22.9. The summed E-state index contributed by atoms with van der Waals surface area (Å²) in [6.07, 6.45) is 0. The molecule has 0 spiro atoms. The largest absolute Gasteiger partial charge is 0.497 e. The number of rotatable bonds is 10. The van der Waals surface area contributed by atoms with E-state index in [9.17, 15) is 13.2 Å². The van der Waals surface area contributed by atoms with E-state index >= 15 is 0 Å². The molecular formula is C29H28N2O5S2. The van der Waals surface area contributed by atoms with E-state index in [0.717, 1.165) is 19.7 Å². The molecule has 0 fully saturated rings. The Balaban J connectivity index is 1.67. The van der Waals surface area contributed by atoms with Gasteiger partial charge < -0.3 is 14.8 Å². The molecule has 1 N–H and O–H groups in total. The van der Waals surface area contributed by atoms with Crippen LogP contribution in [0.4, 0.5) is 11.4 Å². The smallest absolute Gasteiger partial charge is 0.268 e. The van der Waals surface area contributed by atoms with Crippen LogP contribution in [0.1, 0.15) is 5.56 Å². The minimum Gasteiger partial charge on any atom is -0.497 e. The Morgan fingerprint density at radius 1 is 0.868 bits per heavy atom. The Morgan fingerprint density at radius 2 is 1.55 bits per heavy atom. The van der Waals surface area contributed by atoms with Crippen LogP contribution in [0.25, 0.3) is 0 Å². The van der Waals surface area contributed by atoms with Crippen LogP contribution in [0.3, 0.4) is 0 Å². The molecule has 0 heterocycles. The lowest BCUT2D eigenvalue weighted by molar-refractivity contribution is -0.114. The maximum atomic E-state index is 13.9. The third kappa shape index (κ3) is 6.30. The number of carbonyl (C=O) groups is 1. The van der Waals surface area contributed by atoms with Gasteiger partial charge in [-0.3, -0.25) is 9.10 Å². The van der Waals surface area contributed by atoms with E-state index in [2.05, 4.69) is 5.32 Å². The van der Waals surface area contributed by atoms with Crippen LogP contribution in [0.5, 0.6) is 11.5 Å². The van der Waals surface area contributed by atoms with E-state index < -0.39 is 22.5 Å². The van der Waals surface area contributed by atoms with Crippen LogP contribution >= 0.6 is 11.8 Å². The SMILES string of the molecule is COc1ccc(N(CC(=O)Nc2ccccc2Sc2ccccc2)S(=O)(=O)c2cc(C)ccc2OC)cc1. The first-order valence-electron chi connectivity index (χ1n) is 11.7. The molecule has 4 rings (SSSR count). The Labute approximate surface area is 227 Å². The predicted molar refractivity (Wildman–Crippen MR) is 151 cm³/mol. The number of para-hydroxylation sites is 1. The number of sulfonamides is 1. The molecule has 4 aromatic rings. The minimum atomic E-state index is -4.18. The van der Waals surface area contributed by atoms with Gasteiger partial charge in [-0.2, -0.15) is 0 Å². The van der Waals surface area contributed by atoms with Crippen molar-refractivity contribution in [3.8, 4) is 11.5 Å². The van der Waals surface area contributed by atoms with Crippen molar-refractivity contribution < 1.29 is 22.7 Å². The summed E-state index contributed by atoms with van der Waals surface area (Å²) < 4.78 is 39.5. The number of amides is 1. The monoisotopic (exact) mass is 548 g/mol. The highest BCUT2D eigenvalue weighted by Crippen LogP contribution is 2.34. The van der Waals surface area contributed by atoms with Gasteiger partial charge in [0, 0.05) is 9.79 Å². The fourth-order valence-electron chi connectivity index (χ4n) is 3.76. The number of methoxy groups -OCH3 is 2. The maximum absolute atomic E-state index is 13.9. The molecule has 0 bridgehead atoms. The highest BCUT2D eigenvalue weighted by Gasteiger charge is 2.30. The van der Waals surface area contributed by atoms with Crippen molar-refractivity contribution in [3.05, 3.63) is 103 Å². The molecule has 0 aliphatic carbocycles. The van der Waals surface area contributed by atoms with E-state index in [-0.39, 0.29) is 10.6 Å². The molecule has 196 valence electrons. The molecule has 0 radical (unpaired) electrons. The molecular weight excluding hydrogens is 520 g/mol. The van der Waals surface area contributed by atoms with Gasteiger partial charge in [-0.1, -0.05) is 48.2 Å². The summed E-state index contributed by atoms with van der Waals surface area (Å²) in [6, 6.07) is 28.6. The first-order valence-corrected chi connectivity index (χ1v) is 14.0. The van der Waals surface area contributed by atoms with Crippen LogP contribution < -0.4 is 19.1 Å². The molecule has 1 amide bonds. The molecule has 7 nitrogen and oxygen atoms in total. The highest BCUT2D eigenvalue weighted by molar-refractivity contribution is 7.99. The standard InChI is InChI=1S/C29H28N2O5S2/c1-21-13-18-26(36-3)28(19-21)38(33,34)31(22-14-16-23(35-2)17-15-22)20-29(32)30-25-11-7-8-12-27(25)37-24-9-5-4-6-10-24/h4-19H,20H2,1-3H3,(H,30,32). The lowest BCUT2D eigenvalue weighted by Crippen LogP contribution is -2.38. The molecule has 0 saturated carbocycles. The molecule has 9 heteroatoms. The van der Waals surface area contributed by atoms with Crippen molar-refractivity contribution in [1.82, 2.24) is 0 Å². The van der Waals surface area contributed by atoms with Crippen molar-refractivity contribution in [2.75, 3.05) is 30.4 Å². The fourth-order valence-corrected chi connectivity index (χ4v) is 6.35. The zero-order chi connectivity index (χ0) is 27.1. The van der Waals surface area contributed by atoms with Gasteiger partial charge in [0.05, 0.1) is 25.6 Å². The van der Waals surface area contributed by atoms with Crippen LogP contribution in [0, 0.1) is 6.92 Å². The number of anilines is 2. The Morgan fingerprint density at radius 3 is 2.24 bits per heavy atom. The van der Waals surface area contributed by atoms with Gasteiger partial charge in [0.25, 0.3) is 10.0 Å². The van der Waals surface area contributed by atoms with Gasteiger partial charge in [0.15, 0.2) is 0 Å². The number of carbonyl (C=O) groups excluding carboxylic acids is 1. The molecule has 0 aliphatic rings. The van der Waals surface area contributed by atoms with Crippen LogP contribution in [-0.2, 0) is 14.8 Å². The van der Waals surface area contributed by atoms with Crippen LogP contribution in [-0.4, -0.2) is 35.1 Å². The Bertz CT molecular complexity index is 1510. The van der Waals surface area contributed by atoms with Crippen molar-refractivity contribution in [2.24, 2.45) is 0 Å². The first-order chi connectivity index (χ1) is 18.3. The average molecular weight is 549 g/mol. The van der Waals surface area contributed by atoms with E-state index in [1.807, 2.05) is 48.5 Å². The molecule has 0 atom stereocenters. The van der Waals surface area contributed by atoms with Gasteiger partial charge in [-0.25, -0.2) is 8.42 Å². The lowest BCUT2D eigenvalue weighted by atomic mass is 10.2. The van der Waals surface area contributed by atoms with Gasteiger partial charge in [0.1, 0.15) is 22.9 Å². The van der Waals surface area contributed by atoms with Gasteiger partial charge in [-0.05, 0) is 73.2 Å².